The van der Waals surface area contributed by atoms with Crippen LogP contribution in [0.25, 0.3) is 0 Å². The van der Waals surface area contributed by atoms with E-state index >= 15 is 0 Å². The van der Waals surface area contributed by atoms with Crippen molar-refractivity contribution in [3.63, 3.8) is 0 Å². The molecule has 18 heavy (non-hydrogen) atoms. The lowest BCUT2D eigenvalue weighted by atomic mass is 10.2. The second-order valence-electron chi connectivity index (χ2n) is 3.80. The number of likely N-dealkylation sites (N-methyl/N-ethyl adjacent to an activating group) is 1. The molecule has 2 N–H and O–H groups in total. The van der Waals surface area contributed by atoms with Crippen LogP contribution < -0.4 is 5.32 Å². The fourth-order valence-corrected chi connectivity index (χ4v) is 3.08. The van der Waals surface area contributed by atoms with Crippen LogP contribution in [-0.2, 0) is 9.59 Å². The van der Waals surface area contributed by atoms with Gasteiger partial charge in [-0.1, -0.05) is 23.1 Å². The first-order valence-corrected chi connectivity index (χ1v) is 7.06. The molecule has 0 spiro atoms. The lowest BCUT2D eigenvalue weighted by Crippen LogP contribution is -2.30. The third-order valence-electron chi connectivity index (χ3n) is 2.45. The van der Waals surface area contributed by atoms with E-state index < -0.39 is 5.97 Å². The Hall–Kier alpha value is -1.35. The van der Waals surface area contributed by atoms with Gasteiger partial charge in [-0.2, -0.15) is 0 Å². The molecule has 0 saturated carbocycles. The van der Waals surface area contributed by atoms with E-state index in [0.29, 0.717) is 9.47 Å². The highest BCUT2D eigenvalue weighted by molar-refractivity contribution is 8.01. The van der Waals surface area contributed by atoms with Crippen molar-refractivity contribution >= 4 is 40.1 Å². The molecule has 2 rings (SSSR count). The number of carboxylic acid groups (broad SMARTS) is 1. The van der Waals surface area contributed by atoms with E-state index in [1.54, 1.807) is 11.9 Å². The Balaban J connectivity index is 1.90. The first kappa shape index (κ1) is 13.1. The molecule has 0 aliphatic carbocycles. The maximum absolute atomic E-state index is 11.7. The van der Waals surface area contributed by atoms with Gasteiger partial charge in [-0.3, -0.25) is 9.59 Å². The van der Waals surface area contributed by atoms with Crippen molar-refractivity contribution in [2.45, 2.75) is 16.8 Å². The molecule has 1 fully saturated rings. The number of nitrogens with zero attached hydrogens (tertiary/aromatic N) is 3. The first-order chi connectivity index (χ1) is 8.56. The first-order valence-electron chi connectivity index (χ1n) is 5.26. The lowest BCUT2D eigenvalue weighted by molar-refractivity contribution is -0.134. The summed E-state index contributed by atoms with van der Waals surface area (Å²) in [4.78, 5) is 23.7. The van der Waals surface area contributed by atoms with Crippen LogP contribution in [0, 0.1) is 0 Å². The zero-order valence-electron chi connectivity index (χ0n) is 9.62. The highest BCUT2D eigenvalue weighted by Gasteiger charge is 2.29. The molecule has 1 aromatic heterocycles. The quantitative estimate of drug-likeness (QED) is 0.755. The van der Waals surface area contributed by atoms with Crippen LogP contribution in [-0.4, -0.2) is 57.5 Å². The van der Waals surface area contributed by atoms with Crippen molar-refractivity contribution in [1.29, 1.82) is 0 Å². The molecule has 1 saturated heterocycles. The van der Waals surface area contributed by atoms with Gasteiger partial charge in [-0.15, -0.1) is 10.2 Å². The molecule has 1 aliphatic rings. The summed E-state index contributed by atoms with van der Waals surface area (Å²) in [6.45, 7) is 0.732. The van der Waals surface area contributed by atoms with Gasteiger partial charge in [0.15, 0.2) is 4.34 Å². The average Bonchev–Trinajstić information content (AvgIpc) is 2.89. The molecule has 0 radical (unpaired) electrons. The van der Waals surface area contributed by atoms with Crippen molar-refractivity contribution in [3.05, 3.63) is 0 Å². The Kier molecular flexibility index (Phi) is 4.02. The fraction of sp³-hybridized carbons (Fsp3) is 0.556. The second-order valence-corrected chi connectivity index (χ2v) is 6.00. The smallest absolute Gasteiger partial charge is 0.313 e. The van der Waals surface area contributed by atoms with Crippen LogP contribution >= 0.6 is 23.1 Å². The standard InChI is InChI=1S/C9H12N4O3S2/c1-13-3-2-5(7(13)16)10-8-11-12-9(18-8)17-4-6(14)15/h5H,2-4H2,1H3,(H,10,11)(H,14,15). The summed E-state index contributed by atoms with van der Waals surface area (Å²) >= 11 is 2.38. The molecular weight excluding hydrogens is 276 g/mol. The molecule has 2 heterocycles. The number of amides is 1. The van der Waals surface area contributed by atoms with E-state index in [1.807, 2.05) is 0 Å². The number of thioether (sulfide) groups is 1. The van der Waals surface area contributed by atoms with Crippen LogP contribution in [0.1, 0.15) is 6.42 Å². The number of aliphatic carboxylic acids is 1. The van der Waals surface area contributed by atoms with Gasteiger partial charge in [0.2, 0.25) is 11.0 Å². The predicted molar refractivity (Wildman–Crippen MR) is 67.9 cm³/mol. The highest BCUT2D eigenvalue weighted by Crippen LogP contribution is 2.26. The number of carboxylic acids is 1. The number of hydrogen-bond donors (Lipinski definition) is 2. The minimum absolute atomic E-state index is 0.0419. The molecule has 1 unspecified atom stereocenters. The fourth-order valence-electron chi connectivity index (χ4n) is 1.56. The minimum atomic E-state index is -0.891. The van der Waals surface area contributed by atoms with E-state index in [9.17, 15) is 9.59 Å². The summed E-state index contributed by atoms with van der Waals surface area (Å²) in [5.41, 5.74) is 0. The molecule has 9 heteroatoms. The van der Waals surface area contributed by atoms with Crippen LogP contribution in [0.2, 0.25) is 0 Å². The summed E-state index contributed by atoms with van der Waals surface area (Å²) in [5.74, 6) is -0.887. The van der Waals surface area contributed by atoms with Gasteiger partial charge in [-0.05, 0) is 6.42 Å². The van der Waals surface area contributed by atoms with Gasteiger partial charge in [0.25, 0.3) is 0 Å². The van der Waals surface area contributed by atoms with Crippen molar-refractivity contribution in [2.24, 2.45) is 0 Å². The van der Waals surface area contributed by atoms with Gasteiger partial charge in [-0.25, -0.2) is 0 Å². The van der Waals surface area contributed by atoms with E-state index in [1.165, 1.54) is 11.3 Å². The van der Waals surface area contributed by atoms with Crippen molar-refractivity contribution < 1.29 is 14.7 Å². The highest BCUT2D eigenvalue weighted by atomic mass is 32.2. The number of aromatic nitrogens is 2. The molecule has 1 atom stereocenters. The van der Waals surface area contributed by atoms with Crippen LogP contribution in [0.5, 0.6) is 0 Å². The number of rotatable bonds is 5. The maximum atomic E-state index is 11.7. The summed E-state index contributed by atoms with van der Waals surface area (Å²) < 4.78 is 0.582. The molecular formula is C9H12N4O3S2. The van der Waals surface area contributed by atoms with E-state index in [-0.39, 0.29) is 17.7 Å². The molecule has 0 aromatic carbocycles. The van der Waals surface area contributed by atoms with E-state index in [2.05, 4.69) is 15.5 Å². The normalized spacial score (nSPS) is 19.3. The number of hydrogen-bond acceptors (Lipinski definition) is 7. The van der Waals surface area contributed by atoms with Crippen molar-refractivity contribution in [1.82, 2.24) is 15.1 Å². The van der Waals surface area contributed by atoms with Crippen LogP contribution in [0.15, 0.2) is 4.34 Å². The topological polar surface area (TPSA) is 95.4 Å². The van der Waals surface area contributed by atoms with Gasteiger partial charge < -0.3 is 15.3 Å². The second kappa shape index (κ2) is 5.53. The molecule has 1 aliphatic heterocycles. The molecule has 1 amide bonds. The SMILES string of the molecule is CN1CCC(Nc2nnc(SCC(=O)O)s2)C1=O. The third kappa shape index (κ3) is 3.10. The van der Waals surface area contributed by atoms with Crippen molar-refractivity contribution in [2.75, 3.05) is 24.7 Å². The maximum Gasteiger partial charge on any atom is 0.313 e. The average molecular weight is 288 g/mol. The van der Waals surface area contributed by atoms with Gasteiger partial charge in [0, 0.05) is 13.6 Å². The van der Waals surface area contributed by atoms with Gasteiger partial charge in [0.05, 0.1) is 5.75 Å². The summed E-state index contributed by atoms with van der Waals surface area (Å²) in [7, 11) is 1.76. The van der Waals surface area contributed by atoms with Gasteiger partial charge >= 0.3 is 5.97 Å². The number of likely N-dealkylation sites (tertiary alicyclic amines) is 1. The zero-order chi connectivity index (χ0) is 13.1. The Labute approximate surface area is 112 Å². The number of carbonyl (C=O) groups is 2. The number of carbonyl (C=O) groups excluding carboxylic acids is 1. The Bertz CT molecular complexity index is 464. The number of anilines is 1. The zero-order valence-corrected chi connectivity index (χ0v) is 11.3. The van der Waals surface area contributed by atoms with E-state index in [4.69, 9.17) is 5.11 Å². The summed E-state index contributed by atoms with van der Waals surface area (Å²) in [5, 5.41) is 19.9. The lowest BCUT2D eigenvalue weighted by Gasteiger charge is -2.10. The number of nitrogens with one attached hydrogen (secondary N) is 1. The molecule has 7 nitrogen and oxygen atoms in total. The summed E-state index contributed by atoms with van der Waals surface area (Å²) in [6, 6.07) is -0.250. The van der Waals surface area contributed by atoms with Crippen LogP contribution in [0.3, 0.4) is 0 Å². The molecule has 98 valence electrons. The predicted octanol–water partition coefficient (Wildman–Crippen LogP) is 0.357. The summed E-state index contributed by atoms with van der Waals surface area (Å²) in [6.07, 6.45) is 0.743. The molecule has 0 bridgehead atoms. The largest absolute Gasteiger partial charge is 0.481 e. The minimum Gasteiger partial charge on any atom is -0.481 e. The van der Waals surface area contributed by atoms with E-state index in [0.717, 1.165) is 24.7 Å². The van der Waals surface area contributed by atoms with Crippen LogP contribution in [0.4, 0.5) is 5.13 Å². The van der Waals surface area contributed by atoms with Gasteiger partial charge in [0.1, 0.15) is 6.04 Å². The Morgan fingerprint density at radius 2 is 2.44 bits per heavy atom. The van der Waals surface area contributed by atoms with Crippen molar-refractivity contribution in [3.8, 4) is 0 Å². The third-order valence-corrected chi connectivity index (χ3v) is 4.42. The Morgan fingerprint density at radius 1 is 1.67 bits per heavy atom. The molecule has 1 aromatic rings. The monoisotopic (exact) mass is 288 g/mol. The Morgan fingerprint density at radius 3 is 3.06 bits per heavy atom.